The highest BCUT2D eigenvalue weighted by atomic mass is 16.5. The summed E-state index contributed by atoms with van der Waals surface area (Å²) in [5, 5.41) is 0. The summed E-state index contributed by atoms with van der Waals surface area (Å²) < 4.78 is 26.8. The molecule has 0 rings (SSSR count). The normalized spacial score (nSPS) is 11.8. The van der Waals surface area contributed by atoms with Gasteiger partial charge >= 0.3 is 29.8 Å². The smallest absolute Gasteiger partial charge is 0.320 e. The molecule has 0 aliphatic carbocycles. The number of hydrogen-bond donors (Lipinski definition) is 0. The molecule has 13 heteroatoms. The highest BCUT2D eigenvalue weighted by Gasteiger charge is 2.22. The lowest BCUT2D eigenvalue weighted by Gasteiger charge is -2.27. The molecule has 0 radical (unpaired) electrons. The second-order valence-electron chi connectivity index (χ2n) is 14.4. The summed E-state index contributed by atoms with van der Waals surface area (Å²) >= 11 is 0. The van der Waals surface area contributed by atoms with Crippen molar-refractivity contribution in [2.45, 2.75) is 75.7 Å². The fraction of sp³-hybridized carbons (Fsp3) is 0.857. The molecule has 0 aliphatic rings. The molecular formula is C35H65N3O10. The van der Waals surface area contributed by atoms with Crippen LogP contribution in [0.2, 0.25) is 0 Å². The fourth-order valence-electron chi connectivity index (χ4n) is 3.94. The minimum atomic E-state index is -0.451. The van der Waals surface area contributed by atoms with Gasteiger partial charge in [0.15, 0.2) is 0 Å². The predicted molar refractivity (Wildman–Crippen MR) is 183 cm³/mol. The maximum Gasteiger partial charge on any atom is 0.320 e. The molecule has 48 heavy (non-hydrogen) atoms. The summed E-state index contributed by atoms with van der Waals surface area (Å²) in [4.78, 5) is 68.2. The highest BCUT2D eigenvalue weighted by Crippen LogP contribution is 2.05. The van der Waals surface area contributed by atoms with E-state index in [0.717, 1.165) is 0 Å². The number of carbonyl (C=O) groups excluding carboxylic acids is 5. The topological polar surface area (TPSA) is 141 Å². The van der Waals surface area contributed by atoms with Gasteiger partial charge in [-0.05, 0) is 36.0 Å². The van der Waals surface area contributed by atoms with Crippen LogP contribution < -0.4 is 0 Å². The van der Waals surface area contributed by atoms with Crippen molar-refractivity contribution in [2.24, 2.45) is 29.6 Å². The summed E-state index contributed by atoms with van der Waals surface area (Å²) in [6.07, 6.45) is 0.499. The van der Waals surface area contributed by atoms with Crippen molar-refractivity contribution in [3.63, 3.8) is 0 Å². The lowest BCUT2D eigenvalue weighted by molar-refractivity contribution is -0.152. The molecule has 0 N–H and O–H groups in total. The molecule has 13 nitrogen and oxygen atoms in total. The molecular weight excluding hydrogens is 622 g/mol. The van der Waals surface area contributed by atoms with Crippen LogP contribution >= 0.6 is 0 Å². The first kappa shape index (κ1) is 45.2. The molecule has 0 bridgehead atoms. The molecule has 0 aliphatic heterocycles. The van der Waals surface area contributed by atoms with Crippen LogP contribution in [0.25, 0.3) is 0 Å². The summed E-state index contributed by atoms with van der Waals surface area (Å²) in [7, 11) is 0. The van der Waals surface area contributed by atoms with Gasteiger partial charge in [0.05, 0.1) is 65.8 Å². The Balaban J connectivity index is 5.68. The number of esters is 5. The maximum atomic E-state index is 12.7. The number of nitrogens with zero attached hydrogens (tertiary/aromatic N) is 3. The highest BCUT2D eigenvalue weighted by molar-refractivity contribution is 5.75. The minimum Gasteiger partial charge on any atom is -0.464 e. The second-order valence-corrected chi connectivity index (χ2v) is 14.4. The maximum absolute atomic E-state index is 12.7. The first-order valence-electron chi connectivity index (χ1n) is 17.4. The molecule has 0 saturated heterocycles. The molecule has 0 aromatic heterocycles. The first-order valence-corrected chi connectivity index (χ1v) is 17.4. The van der Waals surface area contributed by atoms with E-state index in [2.05, 4.69) is 0 Å². The second kappa shape index (κ2) is 26.1. The molecule has 0 atom stereocenters. The van der Waals surface area contributed by atoms with E-state index < -0.39 is 29.8 Å². The van der Waals surface area contributed by atoms with Crippen LogP contribution in [0.4, 0.5) is 0 Å². The third-order valence-corrected chi connectivity index (χ3v) is 6.33. The largest absolute Gasteiger partial charge is 0.464 e. The number of rotatable bonds is 27. The number of ether oxygens (including phenoxy) is 5. The van der Waals surface area contributed by atoms with Crippen molar-refractivity contribution < 1.29 is 47.7 Å². The fourth-order valence-corrected chi connectivity index (χ4v) is 3.94. The Bertz CT molecular complexity index is 888. The molecule has 0 aromatic carbocycles. The summed E-state index contributed by atoms with van der Waals surface area (Å²) in [5.74, 6) is -1.30. The van der Waals surface area contributed by atoms with Crippen molar-refractivity contribution in [3.8, 4) is 0 Å². The van der Waals surface area contributed by atoms with Crippen molar-refractivity contribution in [2.75, 3.05) is 91.9 Å². The SMILES string of the molecule is CC(C)COC(=O)CN(CCCN(CC(=O)OCC(C)C)CC(=O)OCC(C)C)CCN(CC(=O)OCC(C)C)CC(=O)OCC(C)C. The van der Waals surface area contributed by atoms with Crippen LogP contribution in [0.5, 0.6) is 0 Å². The Morgan fingerprint density at radius 3 is 0.833 bits per heavy atom. The molecule has 0 fully saturated rings. The zero-order chi connectivity index (χ0) is 36.6. The van der Waals surface area contributed by atoms with Crippen LogP contribution in [0.1, 0.15) is 75.7 Å². The predicted octanol–water partition coefficient (Wildman–Crippen LogP) is 3.28. The van der Waals surface area contributed by atoms with Gasteiger partial charge in [-0.3, -0.25) is 38.7 Å². The van der Waals surface area contributed by atoms with Crippen molar-refractivity contribution in [1.29, 1.82) is 0 Å². The van der Waals surface area contributed by atoms with Gasteiger partial charge in [-0.25, -0.2) is 0 Å². The van der Waals surface area contributed by atoms with Crippen molar-refractivity contribution in [3.05, 3.63) is 0 Å². The van der Waals surface area contributed by atoms with Gasteiger partial charge < -0.3 is 23.7 Å². The average molecular weight is 688 g/mol. The van der Waals surface area contributed by atoms with E-state index in [-0.39, 0.29) is 102 Å². The molecule has 280 valence electrons. The van der Waals surface area contributed by atoms with E-state index in [4.69, 9.17) is 23.7 Å². The van der Waals surface area contributed by atoms with E-state index in [9.17, 15) is 24.0 Å². The van der Waals surface area contributed by atoms with Gasteiger partial charge in [0.1, 0.15) is 0 Å². The van der Waals surface area contributed by atoms with Gasteiger partial charge in [-0.1, -0.05) is 69.2 Å². The van der Waals surface area contributed by atoms with Gasteiger partial charge in [0.25, 0.3) is 0 Å². The molecule has 0 saturated carbocycles. The standard InChI is InChI=1S/C35H65N3O10/c1-26(2)21-44-31(39)16-36(14-15-38(19-34(42)47-24-29(7)8)20-35(43)48-25-30(9)10)12-11-13-37(17-32(40)45-22-27(3)4)18-33(41)46-23-28(5)6/h26-30H,11-25H2,1-10H3. The number of carbonyl (C=O) groups is 5. The Morgan fingerprint density at radius 1 is 0.354 bits per heavy atom. The Labute approximate surface area is 289 Å². The monoisotopic (exact) mass is 687 g/mol. The van der Waals surface area contributed by atoms with Crippen molar-refractivity contribution in [1.82, 2.24) is 14.7 Å². The molecule has 0 amide bonds. The van der Waals surface area contributed by atoms with E-state index in [1.165, 1.54) is 0 Å². The van der Waals surface area contributed by atoms with Crippen molar-refractivity contribution >= 4 is 29.8 Å². The summed E-state index contributed by atoms with van der Waals surface area (Å²) in [6, 6.07) is 0. The lowest BCUT2D eigenvalue weighted by atomic mass is 10.2. The van der Waals surface area contributed by atoms with Crippen LogP contribution in [-0.4, -0.2) is 136 Å². The van der Waals surface area contributed by atoms with Crippen LogP contribution in [0.15, 0.2) is 0 Å². The van der Waals surface area contributed by atoms with E-state index in [1.54, 1.807) is 9.80 Å². The van der Waals surface area contributed by atoms with E-state index >= 15 is 0 Å². The van der Waals surface area contributed by atoms with Gasteiger partial charge in [0, 0.05) is 26.2 Å². The van der Waals surface area contributed by atoms with Crippen LogP contribution in [0.3, 0.4) is 0 Å². The summed E-state index contributed by atoms with van der Waals surface area (Å²) in [6.45, 7) is 21.8. The Morgan fingerprint density at radius 2 is 0.562 bits per heavy atom. The lowest BCUT2D eigenvalue weighted by Crippen LogP contribution is -2.44. The molecule has 0 unspecified atom stereocenters. The van der Waals surface area contributed by atoms with Gasteiger partial charge in [-0.2, -0.15) is 0 Å². The quantitative estimate of drug-likeness (QED) is 0.0922. The van der Waals surface area contributed by atoms with Crippen LogP contribution in [-0.2, 0) is 47.7 Å². The Kier molecular flexibility index (Phi) is 24.6. The van der Waals surface area contributed by atoms with E-state index in [0.29, 0.717) is 26.1 Å². The first-order chi connectivity index (χ1) is 22.5. The molecule has 0 spiro atoms. The Hall–Kier alpha value is -2.77. The number of hydrogen-bond acceptors (Lipinski definition) is 13. The minimum absolute atomic E-state index is 0.0109. The van der Waals surface area contributed by atoms with Gasteiger partial charge in [-0.15, -0.1) is 0 Å². The van der Waals surface area contributed by atoms with Gasteiger partial charge in [0.2, 0.25) is 0 Å². The average Bonchev–Trinajstić information content (AvgIpc) is 2.98. The molecule has 0 aromatic rings. The summed E-state index contributed by atoms with van der Waals surface area (Å²) in [5.41, 5.74) is 0. The molecule has 0 heterocycles. The third-order valence-electron chi connectivity index (χ3n) is 6.33. The van der Waals surface area contributed by atoms with Crippen LogP contribution in [0, 0.1) is 29.6 Å². The third kappa shape index (κ3) is 27.2. The van der Waals surface area contributed by atoms with E-state index in [1.807, 2.05) is 74.1 Å². The zero-order valence-corrected chi connectivity index (χ0v) is 31.4. The zero-order valence-electron chi connectivity index (χ0n) is 31.4.